The summed E-state index contributed by atoms with van der Waals surface area (Å²) in [5.74, 6) is 2.31. The second-order valence-corrected chi connectivity index (χ2v) is 7.11. The minimum Gasteiger partial charge on any atom is -0.497 e. The van der Waals surface area contributed by atoms with E-state index in [0.29, 0.717) is 5.82 Å². The number of hydrogen-bond donors (Lipinski definition) is 2. The van der Waals surface area contributed by atoms with Crippen molar-refractivity contribution in [2.24, 2.45) is 0 Å². The van der Waals surface area contributed by atoms with Crippen LogP contribution in [0.2, 0.25) is 0 Å². The van der Waals surface area contributed by atoms with Crippen molar-refractivity contribution in [1.29, 1.82) is 0 Å². The highest BCUT2D eigenvalue weighted by atomic mass is 16.5. The van der Waals surface area contributed by atoms with Crippen LogP contribution in [0.25, 0.3) is 21.8 Å². The fourth-order valence-corrected chi connectivity index (χ4v) is 3.85. The molecular formula is C22H23N5O3. The molecule has 5 rings (SSSR count). The van der Waals surface area contributed by atoms with Crippen LogP contribution < -0.4 is 19.7 Å². The van der Waals surface area contributed by atoms with Gasteiger partial charge >= 0.3 is 0 Å². The third-order valence-electron chi connectivity index (χ3n) is 5.40. The van der Waals surface area contributed by atoms with Gasteiger partial charge in [-0.15, -0.1) is 0 Å². The lowest BCUT2D eigenvalue weighted by Crippen LogP contribution is -2.36. The molecule has 0 unspecified atom stereocenters. The van der Waals surface area contributed by atoms with Gasteiger partial charge in [-0.05, 0) is 30.3 Å². The average molecular weight is 405 g/mol. The minimum absolute atomic E-state index is 0.710. The topological polar surface area (TPSA) is 84.5 Å². The van der Waals surface area contributed by atoms with E-state index < -0.39 is 0 Å². The number of anilines is 3. The predicted octanol–water partition coefficient (Wildman–Crippen LogP) is 3.71. The molecule has 8 nitrogen and oxygen atoms in total. The summed E-state index contributed by atoms with van der Waals surface area (Å²) >= 11 is 0. The van der Waals surface area contributed by atoms with Crippen molar-refractivity contribution in [2.45, 2.75) is 0 Å². The van der Waals surface area contributed by atoms with E-state index in [0.717, 1.165) is 71.0 Å². The van der Waals surface area contributed by atoms with Crippen LogP contribution in [0.15, 0.2) is 42.6 Å². The predicted molar refractivity (Wildman–Crippen MR) is 117 cm³/mol. The Kier molecular flexibility index (Phi) is 4.76. The molecule has 4 aromatic rings. The molecule has 1 aliphatic rings. The maximum absolute atomic E-state index is 5.67. The van der Waals surface area contributed by atoms with Crippen LogP contribution in [0, 0.1) is 0 Å². The molecule has 0 amide bonds. The molecule has 0 bridgehead atoms. The number of rotatable bonds is 5. The van der Waals surface area contributed by atoms with E-state index in [1.54, 1.807) is 14.2 Å². The summed E-state index contributed by atoms with van der Waals surface area (Å²) in [5, 5.41) is 12.7. The third-order valence-corrected chi connectivity index (χ3v) is 5.40. The molecule has 1 fully saturated rings. The van der Waals surface area contributed by atoms with Crippen molar-refractivity contribution in [3.05, 3.63) is 42.6 Å². The number of hydrogen-bond acceptors (Lipinski definition) is 7. The monoisotopic (exact) mass is 405 g/mol. The molecule has 0 atom stereocenters. The number of pyridine rings is 1. The Hall–Kier alpha value is -3.52. The van der Waals surface area contributed by atoms with Gasteiger partial charge in [0.2, 0.25) is 0 Å². The Morgan fingerprint density at radius 1 is 1.03 bits per heavy atom. The molecule has 154 valence electrons. The molecule has 0 spiro atoms. The van der Waals surface area contributed by atoms with Crippen LogP contribution in [-0.4, -0.2) is 55.7 Å². The van der Waals surface area contributed by atoms with E-state index >= 15 is 0 Å². The quantitative estimate of drug-likeness (QED) is 0.524. The number of nitrogens with one attached hydrogen (secondary N) is 2. The van der Waals surface area contributed by atoms with Gasteiger partial charge in [0.15, 0.2) is 5.82 Å². The molecule has 1 saturated heterocycles. The van der Waals surface area contributed by atoms with Gasteiger partial charge in [-0.1, -0.05) is 0 Å². The standard InChI is InChI=1S/C22H23N5O3/c1-28-15-4-5-18-16(12-15)17-13-23-26-21(17)22(25-18)24-14-3-6-19(20(11-14)29-2)27-7-9-30-10-8-27/h3-6,11-13H,7-10H2,1-2H3,(H,23,26)(H,24,25). The molecule has 0 saturated carbocycles. The van der Waals surface area contributed by atoms with Crippen LogP contribution in [-0.2, 0) is 4.74 Å². The summed E-state index contributed by atoms with van der Waals surface area (Å²) in [4.78, 5) is 7.09. The van der Waals surface area contributed by atoms with E-state index in [1.807, 2.05) is 36.5 Å². The SMILES string of the molecule is COc1ccc2nc(Nc3ccc(N4CCOCC4)c(OC)c3)c3[nH]ncc3c2c1. The van der Waals surface area contributed by atoms with Crippen LogP contribution in [0.5, 0.6) is 11.5 Å². The zero-order valence-electron chi connectivity index (χ0n) is 16.9. The number of H-pyrrole nitrogens is 1. The second kappa shape index (κ2) is 7.72. The number of morpholine rings is 1. The fourth-order valence-electron chi connectivity index (χ4n) is 3.85. The molecule has 2 aromatic heterocycles. The van der Waals surface area contributed by atoms with Gasteiger partial charge in [0.1, 0.15) is 17.0 Å². The molecule has 3 heterocycles. The van der Waals surface area contributed by atoms with Crippen molar-refractivity contribution in [1.82, 2.24) is 15.2 Å². The third kappa shape index (κ3) is 3.25. The van der Waals surface area contributed by atoms with Gasteiger partial charge in [0, 0.05) is 35.6 Å². The van der Waals surface area contributed by atoms with Gasteiger partial charge in [0.05, 0.1) is 44.8 Å². The largest absolute Gasteiger partial charge is 0.497 e. The molecule has 0 radical (unpaired) electrons. The summed E-state index contributed by atoms with van der Waals surface area (Å²) < 4.78 is 16.5. The van der Waals surface area contributed by atoms with Gasteiger partial charge in [-0.25, -0.2) is 4.98 Å². The van der Waals surface area contributed by atoms with Crippen molar-refractivity contribution in [3.63, 3.8) is 0 Å². The van der Waals surface area contributed by atoms with Crippen LogP contribution in [0.3, 0.4) is 0 Å². The highest BCUT2D eigenvalue weighted by Crippen LogP contribution is 2.35. The smallest absolute Gasteiger partial charge is 0.157 e. The van der Waals surface area contributed by atoms with E-state index in [-0.39, 0.29) is 0 Å². The number of nitrogens with zero attached hydrogens (tertiary/aromatic N) is 3. The Morgan fingerprint density at radius 3 is 2.70 bits per heavy atom. The Morgan fingerprint density at radius 2 is 1.90 bits per heavy atom. The zero-order valence-corrected chi connectivity index (χ0v) is 16.9. The van der Waals surface area contributed by atoms with Gasteiger partial charge < -0.3 is 24.4 Å². The van der Waals surface area contributed by atoms with Crippen LogP contribution in [0.1, 0.15) is 0 Å². The Balaban J connectivity index is 1.52. The number of fused-ring (bicyclic) bond motifs is 3. The number of aromatic nitrogens is 3. The number of methoxy groups -OCH3 is 2. The molecule has 1 aliphatic heterocycles. The lowest BCUT2D eigenvalue weighted by atomic mass is 10.1. The van der Waals surface area contributed by atoms with Crippen molar-refractivity contribution in [3.8, 4) is 11.5 Å². The average Bonchev–Trinajstić information content (AvgIpc) is 3.30. The highest BCUT2D eigenvalue weighted by Gasteiger charge is 2.17. The fraction of sp³-hybridized carbons (Fsp3) is 0.273. The minimum atomic E-state index is 0.710. The normalized spacial score (nSPS) is 14.3. The van der Waals surface area contributed by atoms with E-state index in [1.165, 1.54) is 0 Å². The maximum atomic E-state index is 5.67. The van der Waals surface area contributed by atoms with Gasteiger partial charge in [0.25, 0.3) is 0 Å². The second-order valence-electron chi connectivity index (χ2n) is 7.11. The molecule has 0 aliphatic carbocycles. The first-order valence-electron chi connectivity index (χ1n) is 9.85. The number of aromatic amines is 1. The van der Waals surface area contributed by atoms with Crippen molar-refractivity contribution in [2.75, 3.05) is 50.7 Å². The Labute approximate surface area is 173 Å². The van der Waals surface area contributed by atoms with Crippen LogP contribution >= 0.6 is 0 Å². The van der Waals surface area contributed by atoms with Crippen LogP contribution in [0.4, 0.5) is 17.2 Å². The summed E-state index contributed by atoms with van der Waals surface area (Å²) in [6.07, 6.45) is 1.81. The summed E-state index contributed by atoms with van der Waals surface area (Å²) in [5.41, 5.74) is 3.66. The lowest BCUT2D eigenvalue weighted by Gasteiger charge is -2.30. The number of benzene rings is 2. The van der Waals surface area contributed by atoms with E-state index in [2.05, 4.69) is 26.5 Å². The van der Waals surface area contributed by atoms with Crippen molar-refractivity contribution >= 4 is 39.0 Å². The highest BCUT2D eigenvalue weighted by molar-refractivity contribution is 6.09. The molecular weight excluding hydrogens is 382 g/mol. The molecule has 30 heavy (non-hydrogen) atoms. The van der Waals surface area contributed by atoms with E-state index in [9.17, 15) is 0 Å². The lowest BCUT2D eigenvalue weighted by molar-refractivity contribution is 0.122. The van der Waals surface area contributed by atoms with Crippen molar-refractivity contribution < 1.29 is 14.2 Å². The summed E-state index contributed by atoms with van der Waals surface area (Å²) in [6.45, 7) is 3.17. The zero-order chi connectivity index (χ0) is 20.5. The first kappa shape index (κ1) is 18.5. The first-order valence-corrected chi connectivity index (χ1v) is 9.85. The molecule has 2 N–H and O–H groups in total. The number of ether oxygens (including phenoxy) is 3. The summed E-state index contributed by atoms with van der Waals surface area (Å²) in [7, 11) is 3.35. The molecule has 2 aromatic carbocycles. The van der Waals surface area contributed by atoms with Gasteiger partial charge in [-0.2, -0.15) is 5.10 Å². The van der Waals surface area contributed by atoms with Gasteiger partial charge in [-0.3, -0.25) is 5.10 Å². The Bertz CT molecular complexity index is 1200. The van der Waals surface area contributed by atoms with E-state index in [4.69, 9.17) is 19.2 Å². The maximum Gasteiger partial charge on any atom is 0.157 e. The first-order chi connectivity index (χ1) is 14.8. The molecule has 8 heteroatoms. The summed E-state index contributed by atoms with van der Waals surface area (Å²) in [6, 6.07) is 11.9.